The molecule has 0 bridgehead atoms. The lowest BCUT2D eigenvalue weighted by Crippen LogP contribution is -2.43. The molecule has 1 aliphatic rings. The first-order valence-electron chi connectivity index (χ1n) is 9.55. The summed E-state index contributed by atoms with van der Waals surface area (Å²) in [5.74, 6) is 2.23. The molecule has 0 unspecified atom stereocenters. The molecular formula is C20H33IN4O3. The topological polar surface area (TPSA) is 75.2 Å². The zero-order valence-electron chi connectivity index (χ0n) is 17.1. The van der Waals surface area contributed by atoms with E-state index in [2.05, 4.69) is 20.5 Å². The number of rotatable bonds is 8. The van der Waals surface area contributed by atoms with E-state index in [0.717, 1.165) is 56.6 Å². The van der Waals surface area contributed by atoms with Gasteiger partial charge in [-0.1, -0.05) is 0 Å². The summed E-state index contributed by atoms with van der Waals surface area (Å²) >= 11 is 0. The van der Waals surface area contributed by atoms with E-state index < -0.39 is 0 Å². The van der Waals surface area contributed by atoms with Gasteiger partial charge >= 0.3 is 0 Å². The van der Waals surface area contributed by atoms with Crippen molar-refractivity contribution >= 4 is 35.8 Å². The number of carbonyl (C=O) groups is 1. The monoisotopic (exact) mass is 504 g/mol. The van der Waals surface area contributed by atoms with Gasteiger partial charge in [0.05, 0.1) is 7.11 Å². The van der Waals surface area contributed by atoms with Crippen LogP contribution in [-0.2, 0) is 4.74 Å². The van der Waals surface area contributed by atoms with Crippen LogP contribution in [0.5, 0.6) is 5.75 Å². The summed E-state index contributed by atoms with van der Waals surface area (Å²) in [7, 11) is 5.43. The Morgan fingerprint density at radius 2 is 1.86 bits per heavy atom. The van der Waals surface area contributed by atoms with E-state index in [-0.39, 0.29) is 29.9 Å². The smallest absolute Gasteiger partial charge is 0.251 e. The van der Waals surface area contributed by atoms with Crippen LogP contribution in [0.2, 0.25) is 0 Å². The van der Waals surface area contributed by atoms with Crippen LogP contribution in [0, 0.1) is 5.92 Å². The summed E-state index contributed by atoms with van der Waals surface area (Å²) in [5, 5.41) is 6.21. The van der Waals surface area contributed by atoms with Crippen LogP contribution in [0.1, 0.15) is 29.6 Å². The Kier molecular flexibility index (Phi) is 11.9. The Morgan fingerprint density at radius 3 is 2.46 bits per heavy atom. The molecule has 0 radical (unpaired) electrons. The minimum atomic E-state index is -0.0951. The van der Waals surface area contributed by atoms with E-state index in [9.17, 15) is 4.79 Å². The molecule has 1 fully saturated rings. The first-order chi connectivity index (χ1) is 13.1. The van der Waals surface area contributed by atoms with Crippen LogP contribution < -0.4 is 15.4 Å². The highest BCUT2D eigenvalue weighted by molar-refractivity contribution is 14.0. The molecule has 2 rings (SSSR count). The summed E-state index contributed by atoms with van der Waals surface area (Å²) < 4.78 is 10.5. The van der Waals surface area contributed by atoms with Gasteiger partial charge in [0.25, 0.3) is 5.91 Å². The van der Waals surface area contributed by atoms with Gasteiger partial charge in [-0.3, -0.25) is 9.79 Å². The Balaban J connectivity index is 0.00000392. The number of methoxy groups -OCH3 is 1. The predicted molar refractivity (Wildman–Crippen MR) is 123 cm³/mol. The van der Waals surface area contributed by atoms with Crippen molar-refractivity contribution < 1.29 is 14.3 Å². The summed E-state index contributed by atoms with van der Waals surface area (Å²) in [6, 6.07) is 7.07. The van der Waals surface area contributed by atoms with Crippen molar-refractivity contribution in [1.29, 1.82) is 0 Å². The Labute approximate surface area is 185 Å². The number of nitrogens with one attached hydrogen (secondary N) is 2. The van der Waals surface area contributed by atoms with Crippen molar-refractivity contribution in [3.63, 3.8) is 0 Å². The first-order valence-corrected chi connectivity index (χ1v) is 9.55. The number of carbonyl (C=O) groups excluding carboxylic acids is 1. The van der Waals surface area contributed by atoms with Gasteiger partial charge in [0.15, 0.2) is 5.96 Å². The molecule has 0 atom stereocenters. The zero-order valence-corrected chi connectivity index (χ0v) is 19.4. The van der Waals surface area contributed by atoms with Crippen LogP contribution in [0.25, 0.3) is 0 Å². The zero-order chi connectivity index (χ0) is 19.5. The molecule has 2 N–H and O–H groups in total. The van der Waals surface area contributed by atoms with Gasteiger partial charge in [-0.2, -0.15) is 0 Å². The van der Waals surface area contributed by atoms with Gasteiger partial charge in [-0.15, -0.1) is 24.0 Å². The van der Waals surface area contributed by atoms with Crippen molar-refractivity contribution in [2.24, 2.45) is 10.9 Å². The fourth-order valence-corrected chi connectivity index (χ4v) is 3.10. The van der Waals surface area contributed by atoms with Crippen molar-refractivity contribution in [3.8, 4) is 5.75 Å². The Bertz CT molecular complexity index is 604. The molecule has 8 heteroatoms. The normalized spacial score (nSPS) is 14.8. The average molecular weight is 504 g/mol. The van der Waals surface area contributed by atoms with Crippen LogP contribution in [-0.4, -0.2) is 70.8 Å². The highest BCUT2D eigenvalue weighted by Gasteiger charge is 2.15. The molecular weight excluding hydrogens is 471 g/mol. The molecule has 1 aromatic carbocycles. The summed E-state index contributed by atoms with van der Waals surface area (Å²) in [6.07, 6.45) is 3.45. The molecule has 1 aliphatic heterocycles. The van der Waals surface area contributed by atoms with Gasteiger partial charge in [0.2, 0.25) is 0 Å². The number of aliphatic imine (C=N–C) groups is 1. The molecule has 1 saturated heterocycles. The number of benzene rings is 1. The highest BCUT2D eigenvalue weighted by atomic mass is 127. The number of hydrogen-bond acceptors (Lipinski definition) is 4. The van der Waals surface area contributed by atoms with Gasteiger partial charge in [0.1, 0.15) is 5.75 Å². The molecule has 1 amide bonds. The first kappa shape index (κ1) is 24.5. The second-order valence-corrected chi connectivity index (χ2v) is 6.72. The summed E-state index contributed by atoms with van der Waals surface area (Å²) in [5.41, 5.74) is 0.619. The molecule has 1 heterocycles. The molecule has 0 saturated carbocycles. The number of ether oxygens (including phenoxy) is 2. The lowest BCUT2D eigenvalue weighted by atomic mass is 9.96. The molecule has 28 heavy (non-hydrogen) atoms. The average Bonchev–Trinajstić information content (AvgIpc) is 2.72. The molecule has 0 aromatic heterocycles. The van der Waals surface area contributed by atoms with E-state index in [1.54, 1.807) is 38.4 Å². The van der Waals surface area contributed by atoms with Crippen LogP contribution in [0.4, 0.5) is 0 Å². The SMILES string of the molecule is CN=C(NCCNC(=O)c1ccc(OC)cc1)N(C)CCC1CCOCC1.I. The molecule has 0 spiro atoms. The number of hydrogen-bond donors (Lipinski definition) is 2. The Hall–Kier alpha value is -1.55. The van der Waals surface area contributed by atoms with Crippen LogP contribution in [0.3, 0.4) is 0 Å². The van der Waals surface area contributed by atoms with Crippen molar-refractivity contribution in [2.75, 3.05) is 54.1 Å². The largest absolute Gasteiger partial charge is 0.497 e. The number of amides is 1. The van der Waals surface area contributed by atoms with Crippen LogP contribution in [0.15, 0.2) is 29.3 Å². The van der Waals surface area contributed by atoms with Gasteiger partial charge < -0.3 is 25.0 Å². The predicted octanol–water partition coefficient (Wildman–Crippen LogP) is 2.37. The van der Waals surface area contributed by atoms with Crippen molar-refractivity contribution in [2.45, 2.75) is 19.3 Å². The van der Waals surface area contributed by atoms with E-state index in [0.29, 0.717) is 18.7 Å². The number of halogens is 1. The second kappa shape index (κ2) is 13.6. The van der Waals surface area contributed by atoms with Gasteiger partial charge in [0, 0.05) is 52.5 Å². The molecule has 1 aromatic rings. The lowest BCUT2D eigenvalue weighted by molar-refractivity contribution is 0.0625. The fourth-order valence-electron chi connectivity index (χ4n) is 3.10. The standard InChI is InChI=1S/C20H32N4O3.HI/c1-21-20(24(2)13-8-16-9-14-27-15-10-16)23-12-11-22-19(25)17-4-6-18(26-3)7-5-17;/h4-7,16H,8-15H2,1-3H3,(H,21,23)(H,22,25);1H. The molecule has 7 nitrogen and oxygen atoms in total. The molecule has 0 aliphatic carbocycles. The van der Waals surface area contributed by atoms with E-state index in [1.807, 2.05) is 7.05 Å². The Morgan fingerprint density at radius 1 is 1.21 bits per heavy atom. The third kappa shape index (κ3) is 8.22. The number of nitrogens with zero attached hydrogens (tertiary/aromatic N) is 2. The maximum atomic E-state index is 12.1. The fraction of sp³-hybridized carbons (Fsp3) is 0.600. The van der Waals surface area contributed by atoms with E-state index >= 15 is 0 Å². The van der Waals surface area contributed by atoms with E-state index in [1.165, 1.54) is 0 Å². The number of guanidine groups is 1. The third-order valence-corrected chi connectivity index (χ3v) is 4.83. The van der Waals surface area contributed by atoms with E-state index in [4.69, 9.17) is 9.47 Å². The summed E-state index contributed by atoms with van der Waals surface area (Å²) in [6.45, 7) is 3.88. The van der Waals surface area contributed by atoms with Crippen molar-refractivity contribution in [1.82, 2.24) is 15.5 Å². The minimum Gasteiger partial charge on any atom is -0.497 e. The highest BCUT2D eigenvalue weighted by Crippen LogP contribution is 2.18. The lowest BCUT2D eigenvalue weighted by Gasteiger charge is -2.26. The maximum Gasteiger partial charge on any atom is 0.251 e. The van der Waals surface area contributed by atoms with Gasteiger partial charge in [-0.25, -0.2) is 0 Å². The summed E-state index contributed by atoms with van der Waals surface area (Å²) in [4.78, 5) is 18.6. The molecule has 158 valence electrons. The quantitative estimate of drug-likeness (QED) is 0.246. The second-order valence-electron chi connectivity index (χ2n) is 6.72. The van der Waals surface area contributed by atoms with Crippen LogP contribution >= 0.6 is 24.0 Å². The van der Waals surface area contributed by atoms with Crippen molar-refractivity contribution in [3.05, 3.63) is 29.8 Å². The third-order valence-electron chi connectivity index (χ3n) is 4.83. The minimum absolute atomic E-state index is 0. The maximum absolute atomic E-state index is 12.1. The van der Waals surface area contributed by atoms with Gasteiger partial charge in [-0.05, 0) is 49.4 Å².